The Morgan fingerprint density at radius 3 is 2.79 bits per heavy atom. The molecule has 5 heteroatoms. The van der Waals surface area contributed by atoms with Gasteiger partial charge in [0.15, 0.2) is 0 Å². The van der Waals surface area contributed by atoms with Gasteiger partial charge in [0, 0.05) is 13.1 Å². The van der Waals surface area contributed by atoms with E-state index in [2.05, 4.69) is 22.1 Å². The molecule has 1 N–H and O–H groups in total. The van der Waals surface area contributed by atoms with E-state index in [4.69, 9.17) is 0 Å². The van der Waals surface area contributed by atoms with Crippen molar-refractivity contribution in [2.45, 2.75) is 20.8 Å². The molecular formula is C14H21ClFN3. The molecule has 1 aromatic rings. The number of halogens is 2. The minimum Gasteiger partial charge on any atom is -0.375 e. The largest absolute Gasteiger partial charge is 0.375 e. The minimum atomic E-state index is -0.195. The maximum Gasteiger partial charge on any atom is 0.146 e. The highest BCUT2D eigenvalue weighted by Crippen LogP contribution is 2.22. The first-order valence-corrected chi connectivity index (χ1v) is 6.41. The van der Waals surface area contributed by atoms with Crippen molar-refractivity contribution in [2.24, 2.45) is 4.99 Å². The number of anilines is 1. The molecule has 19 heavy (non-hydrogen) atoms. The molecule has 1 aromatic carbocycles. The average molecular weight is 286 g/mol. The van der Waals surface area contributed by atoms with Crippen LogP contribution < -0.4 is 5.32 Å². The highest BCUT2D eigenvalue weighted by Gasteiger charge is 2.15. The van der Waals surface area contributed by atoms with E-state index in [-0.39, 0.29) is 18.2 Å². The lowest BCUT2D eigenvalue weighted by Crippen LogP contribution is -2.32. The number of aliphatic imine (C=N–C) groups is 1. The molecule has 0 saturated carbocycles. The molecule has 0 saturated heterocycles. The number of rotatable bonds is 4. The van der Waals surface area contributed by atoms with Crippen molar-refractivity contribution in [1.29, 1.82) is 0 Å². The summed E-state index contributed by atoms with van der Waals surface area (Å²) in [5.41, 5.74) is 2.66. The van der Waals surface area contributed by atoms with Gasteiger partial charge in [-0.05, 0) is 38.0 Å². The molecule has 0 atom stereocenters. The molecule has 0 bridgehead atoms. The van der Waals surface area contributed by atoms with Gasteiger partial charge in [0.1, 0.15) is 11.7 Å². The SMILES string of the molecule is CCN1CCN=C1CNc1c(F)ccc(C)c1C.Cl. The van der Waals surface area contributed by atoms with Gasteiger partial charge in [-0.15, -0.1) is 12.4 Å². The first-order valence-electron chi connectivity index (χ1n) is 6.41. The van der Waals surface area contributed by atoms with Crippen LogP contribution in [0, 0.1) is 19.7 Å². The second-order valence-corrected chi connectivity index (χ2v) is 4.60. The highest BCUT2D eigenvalue weighted by molar-refractivity contribution is 5.88. The minimum absolute atomic E-state index is 0. The van der Waals surface area contributed by atoms with Gasteiger partial charge in [-0.25, -0.2) is 4.39 Å². The lowest BCUT2D eigenvalue weighted by atomic mass is 10.1. The third-order valence-electron chi connectivity index (χ3n) is 3.52. The van der Waals surface area contributed by atoms with Crippen LogP contribution in [0.1, 0.15) is 18.1 Å². The Morgan fingerprint density at radius 1 is 1.37 bits per heavy atom. The highest BCUT2D eigenvalue weighted by atomic mass is 35.5. The van der Waals surface area contributed by atoms with Crippen LogP contribution in [0.4, 0.5) is 10.1 Å². The maximum absolute atomic E-state index is 13.8. The number of nitrogens with one attached hydrogen (secondary N) is 1. The molecule has 0 unspecified atom stereocenters. The molecule has 3 nitrogen and oxygen atoms in total. The molecule has 0 radical (unpaired) electrons. The quantitative estimate of drug-likeness (QED) is 0.921. The number of nitrogens with zero attached hydrogens (tertiary/aromatic N) is 2. The van der Waals surface area contributed by atoms with Crippen molar-refractivity contribution < 1.29 is 4.39 Å². The fourth-order valence-electron chi connectivity index (χ4n) is 2.20. The molecular weight excluding hydrogens is 265 g/mol. The van der Waals surface area contributed by atoms with Crippen LogP contribution in [0.5, 0.6) is 0 Å². The van der Waals surface area contributed by atoms with E-state index in [0.29, 0.717) is 12.2 Å². The van der Waals surface area contributed by atoms with E-state index < -0.39 is 0 Å². The van der Waals surface area contributed by atoms with Gasteiger partial charge >= 0.3 is 0 Å². The Kier molecular flexibility index (Phi) is 5.60. The zero-order valence-corrected chi connectivity index (χ0v) is 12.5. The van der Waals surface area contributed by atoms with E-state index in [1.54, 1.807) is 6.07 Å². The Morgan fingerprint density at radius 2 is 2.11 bits per heavy atom. The van der Waals surface area contributed by atoms with Crippen molar-refractivity contribution in [3.8, 4) is 0 Å². The van der Waals surface area contributed by atoms with Crippen LogP contribution in [-0.4, -0.2) is 36.9 Å². The standard InChI is InChI=1S/C14H20FN3.ClH/c1-4-18-8-7-16-13(18)9-17-14-11(3)10(2)5-6-12(14)15;/h5-6,17H,4,7-9H2,1-3H3;1H. The van der Waals surface area contributed by atoms with Gasteiger partial charge in [0.2, 0.25) is 0 Å². The van der Waals surface area contributed by atoms with Gasteiger partial charge in [-0.3, -0.25) is 4.99 Å². The fraction of sp³-hybridized carbons (Fsp3) is 0.500. The predicted octanol–water partition coefficient (Wildman–Crippen LogP) is 3.01. The molecule has 1 aliphatic heterocycles. The van der Waals surface area contributed by atoms with E-state index >= 15 is 0 Å². The van der Waals surface area contributed by atoms with Crippen LogP contribution >= 0.6 is 12.4 Å². The van der Waals surface area contributed by atoms with E-state index in [1.807, 2.05) is 13.8 Å². The van der Waals surface area contributed by atoms with Crippen molar-refractivity contribution in [3.05, 3.63) is 29.1 Å². The third kappa shape index (κ3) is 3.38. The summed E-state index contributed by atoms with van der Waals surface area (Å²) in [6, 6.07) is 3.32. The summed E-state index contributed by atoms with van der Waals surface area (Å²) in [5, 5.41) is 3.18. The molecule has 0 spiro atoms. The Hall–Kier alpha value is -1.29. The van der Waals surface area contributed by atoms with E-state index in [0.717, 1.165) is 36.6 Å². The number of benzene rings is 1. The lowest BCUT2D eigenvalue weighted by Gasteiger charge is -2.19. The fourth-order valence-corrected chi connectivity index (χ4v) is 2.20. The molecule has 0 aromatic heterocycles. The molecule has 1 heterocycles. The topological polar surface area (TPSA) is 27.6 Å². The first kappa shape index (κ1) is 15.8. The molecule has 1 aliphatic rings. The molecule has 0 fully saturated rings. The predicted molar refractivity (Wildman–Crippen MR) is 81.2 cm³/mol. The molecule has 106 valence electrons. The monoisotopic (exact) mass is 285 g/mol. The van der Waals surface area contributed by atoms with Crippen LogP contribution in [0.3, 0.4) is 0 Å². The van der Waals surface area contributed by atoms with Crippen molar-refractivity contribution in [1.82, 2.24) is 4.90 Å². The average Bonchev–Trinajstić information content (AvgIpc) is 2.81. The summed E-state index contributed by atoms with van der Waals surface area (Å²) in [7, 11) is 0. The summed E-state index contributed by atoms with van der Waals surface area (Å²) < 4.78 is 13.8. The van der Waals surface area contributed by atoms with Crippen molar-refractivity contribution >= 4 is 23.9 Å². The summed E-state index contributed by atoms with van der Waals surface area (Å²) in [4.78, 5) is 6.66. The second kappa shape index (κ2) is 6.75. The van der Waals surface area contributed by atoms with Gasteiger partial charge in [-0.1, -0.05) is 6.07 Å². The molecule has 0 amide bonds. The van der Waals surface area contributed by atoms with Gasteiger partial charge in [0.05, 0.1) is 18.8 Å². The van der Waals surface area contributed by atoms with Crippen LogP contribution in [0.2, 0.25) is 0 Å². The van der Waals surface area contributed by atoms with Gasteiger partial charge in [0.25, 0.3) is 0 Å². The van der Waals surface area contributed by atoms with E-state index in [1.165, 1.54) is 6.07 Å². The van der Waals surface area contributed by atoms with E-state index in [9.17, 15) is 4.39 Å². The van der Waals surface area contributed by atoms with Crippen LogP contribution in [0.25, 0.3) is 0 Å². The number of aryl methyl sites for hydroxylation is 1. The van der Waals surface area contributed by atoms with Crippen LogP contribution in [-0.2, 0) is 0 Å². The third-order valence-corrected chi connectivity index (χ3v) is 3.52. The zero-order chi connectivity index (χ0) is 13.1. The summed E-state index contributed by atoms with van der Waals surface area (Å²) >= 11 is 0. The smallest absolute Gasteiger partial charge is 0.146 e. The normalized spacial score (nSPS) is 14.1. The van der Waals surface area contributed by atoms with Crippen molar-refractivity contribution in [2.75, 3.05) is 31.5 Å². The van der Waals surface area contributed by atoms with Crippen molar-refractivity contribution in [3.63, 3.8) is 0 Å². The molecule has 0 aliphatic carbocycles. The summed E-state index contributed by atoms with van der Waals surface area (Å²) in [6.45, 7) is 9.41. The summed E-state index contributed by atoms with van der Waals surface area (Å²) in [5.74, 6) is 0.831. The Labute approximate surface area is 120 Å². The van der Waals surface area contributed by atoms with Gasteiger partial charge in [-0.2, -0.15) is 0 Å². The summed E-state index contributed by atoms with van der Waals surface area (Å²) in [6.07, 6.45) is 0. The maximum atomic E-state index is 13.8. The number of hydrogen-bond acceptors (Lipinski definition) is 3. The molecule has 2 rings (SSSR count). The van der Waals surface area contributed by atoms with Gasteiger partial charge < -0.3 is 10.2 Å². The lowest BCUT2D eigenvalue weighted by molar-refractivity contribution is 0.479. The Balaban J connectivity index is 0.00000180. The Bertz CT molecular complexity index is 474. The first-order chi connectivity index (χ1) is 8.63. The zero-order valence-electron chi connectivity index (χ0n) is 11.7. The number of hydrogen-bond donors (Lipinski definition) is 1. The number of likely N-dealkylation sites (N-methyl/N-ethyl adjacent to an activating group) is 1. The number of amidine groups is 1. The van der Waals surface area contributed by atoms with Crippen LogP contribution in [0.15, 0.2) is 17.1 Å². The second-order valence-electron chi connectivity index (χ2n) is 4.60.